The smallest absolute Gasteiger partial charge is 0.124 e. The normalized spacial score (nSPS) is 19.3. The quantitative estimate of drug-likeness (QED) is 0.826. The number of hydrogen-bond donors (Lipinski definition) is 1. The molecule has 1 atom stereocenters. The Labute approximate surface area is 108 Å². The molecule has 2 rings (SSSR count). The zero-order valence-corrected chi connectivity index (χ0v) is 11.0. The van der Waals surface area contributed by atoms with Gasteiger partial charge in [-0.1, -0.05) is 12.8 Å². The van der Waals surface area contributed by atoms with Crippen molar-refractivity contribution in [2.45, 2.75) is 57.6 Å². The summed E-state index contributed by atoms with van der Waals surface area (Å²) in [5, 5.41) is 0. The third-order valence-electron chi connectivity index (χ3n) is 3.56. The van der Waals surface area contributed by atoms with Crippen LogP contribution in [0, 0.1) is 5.82 Å². The SMILES string of the molecule is C[C@H](N)c1cc(F)ccc1OC1CCCCCC1. The zero-order chi connectivity index (χ0) is 13.0. The van der Waals surface area contributed by atoms with Crippen LogP contribution in [-0.2, 0) is 0 Å². The number of nitrogens with two attached hydrogens (primary N) is 1. The van der Waals surface area contributed by atoms with E-state index >= 15 is 0 Å². The lowest BCUT2D eigenvalue weighted by atomic mass is 10.1. The van der Waals surface area contributed by atoms with Crippen LogP contribution in [0.3, 0.4) is 0 Å². The van der Waals surface area contributed by atoms with E-state index in [0.29, 0.717) is 0 Å². The van der Waals surface area contributed by atoms with Gasteiger partial charge in [0.25, 0.3) is 0 Å². The van der Waals surface area contributed by atoms with Gasteiger partial charge < -0.3 is 10.5 Å². The largest absolute Gasteiger partial charge is 0.490 e. The summed E-state index contributed by atoms with van der Waals surface area (Å²) >= 11 is 0. The fourth-order valence-corrected chi connectivity index (χ4v) is 2.52. The standard InChI is InChI=1S/C15H22FNO/c1-11(17)14-10-12(16)8-9-15(14)18-13-6-4-2-3-5-7-13/h8-11,13H,2-7,17H2,1H3/t11-/m0/s1. The lowest BCUT2D eigenvalue weighted by Gasteiger charge is -2.20. The van der Waals surface area contributed by atoms with Crippen LogP contribution in [0.15, 0.2) is 18.2 Å². The van der Waals surface area contributed by atoms with Gasteiger partial charge in [0.05, 0.1) is 6.10 Å². The minimum Gasteiger partial charge on any atom is -0.490 e. The Bertz CT molecular complexity index is 384. The van der Waals surface area contributed by atoms with Crippen LogP contribution >= 0.6 is 0 Å². The highest BCUT2D eigenvalue weighted by molar-refractivity contribution is 5.36. The maximum atomic E-state index is 13.2. The number of benzene rings is 1. The molecule has 0 amide bonds. The van der Waals surface area contributed by atoms with Gasteiger partial charge in [-0.25, -0.2) is 4.39 Å². The van der Waals surface area contributed by atoms with E-state index in [1.165, 1.54) is 37.8 Å². The molecule has 100 valence electrons. The molecule has 1 aromatic rings. The minimum atomic E-state index is -0.254. The van der Waals surface area contributed by atoms with E-state index in [1.54, 1.807) is 6.07 Å². The summed E-state index contributed by atoms with van der Waals surface area (Å²) in [4.78, 5) is 0. The molecule has 18 heavy (non-hydrogen) atoms. The van der Waals surface area contributed by atoms with Gasteiger partial charge in [0.1, 0.15) is 11.6 Å². The van der Waals surface area contributed by atoms with Crippen LogP contribution < -0.4 is 10.5 Å². The summed E-state index contributed by atoms with van der Waals surface area (Å²) in [6.07, 6.45) is 7.48. The molecule has 2 nitrogen and oxygen atoms in total. The van der Waals surface area contributed by atoms with Gasteiger partial charge in [-0.3, -0.25) is 0 Å². The van der Waals surface area contributed by atoms with Crippen LogP contribution in [0.1, 0.15) is 57.1 Å². The van der Waals surface area contributed by atoms with Gasteiger partial charge in [0.2, 0.25) is 0 Å². The average Bonchev–Trinajstić information content (AvgIpc) is 2.60. The second-order valence-corrected chi connectivity index (χ2v) is 5.20. The van der Waals surface area contributed by atoms with Crippen molar-refractivity contribution in [3.63, 3.8) is 0 Å². The van der Waals surface area contributed by atoms with E-state index < -0.39 is 0 Å². The molecule has 2 N–H and O–H groups in total. The number of ether oxygens (including phenoxy) is 1. The Morgan fingerprint density at radius 1 is 1.22 bits per heavy atom. The first-order chi connectivity index (χ1) is 8.66. The molecule has 1 aliphatic carbocycles. The Morgan fingerprint density at radius 2 is 1.89 bits per heavy atom. The van der Waals surface area contributed by atoms with Crippen molar-refractivity contribution < 1.29 is 9.13 Å². The Balaban J connectivity index is 2.12. The first kappa shape index (κ1) is 13.3. The third-order valence-corrected chi connectivity index (χ3v) is 3.56. The highest BCUT2D eigenvalue weighted by Gasteiger charge is 2.17. The maximum Gasteiger partial charge on any atom is 0.124 e. The lowest BCUT2D eigenvalue weighted by molar-refractivity contribution is 0.181. The Hall–Kier alpha value is -1.09. The van der Waals surface area contributed by atoms with E-state index in [4.69, 9.17) is 10.5 Å². The topological polar surface area (TPSA) is 35.2 Å². The van der Waals surface area contributed by atoms with Crippen molar-refractivity contribution in [2.75, 3.05) is 0 Å². The van der Waals surface area contributed by atoms with E-state index in [9.17, 15) is 4.39 Å². The van der Waals surface area contributed by atoms with E-state index in [-0.39, 0.29) is 18.0 Å². The lowest BCUT2D eigenvalue weighted by Crippen LogP contribution is -2.17. The van der Waals surface area contributed by atoms with Crippen LogP contribution in [0.5, 0.6) is 5.75 Å². The summed E-state index contributed by atoms with van der Waals surface area (Å²) in [7, 11) is 0. The molecule has 1 fully saturated rings. The molecule has 1 aliphatic rings. The molecule has 0 radical (unpaired) electrons. The van der Waals surface area contributed by atoms with Crippen LogP contribution in [0.25, 0.3) is 0 Å². The molecular weight excluding hydrogens is 229 g/mol. The zero-order valence-electron chi connectivity index (χ0n) is 11.0. The Morgan fingerprint density at radius 3 is 2.50 bits per heavy atom. The second-order valence-electron chi connectivity index (χ2n) is 5.20. The monoisotopic (exact) mass is 251 g/mol. The summed E-state index contributed by atoms with van der Waals surface area (Å²) in [5.41, 5.74) is 6.64. The first-order valence-electron chi connectivity index (χ1n) is 6.88. The number of rotatable bonds is 3. The molecule has 0 unspecified atom stereocenters. The van der Waals surface area contributed by atoms with Crippen molar-refractivity contribution in [3.8, 4) is 5.75 Å². The second kappa shape index (κ2) is 6.19. The molecule has 0 bridgehead atoms. The molecule has 0 aromatic heterocycles. The Kier molecular flexibility index (Phi) is 4.59. The van der Waals surface area contributed by atoms with Gasteiger partial charge >= 0.3 is 0 Å². The molecule has 1 saturated carbocycles. The molecule has 0 saturated heterocycles. The van der Waals surface area contributed by atoms with Crippen LogP contribution in [0.4, 0.5) is 4.39 Å². The fourth-order valence-electron chi connectivity index (χ4n) is 2.52. The predicted molar refractivity (Wildman–Crippen MR) is 71.1 cm³/mol. The highest BCUT2D eigenvalue weighted by atomic mass is 19.1. The third kappa shape index (κ3) is 3.45. The van der Waals surface area contributed by atoms with Crippen molar-refractivity contribution in [1.29, 1.82) is 0 Å². The molecule has 0 spiro atoms. The van der Waals surface area contributed by atoms with Gasteiger partial charge in [-0.15, -0.1) is 0 Å². The van der Waals surface area contributed by atoms with Crippen molar-refractivity contribution in [3.05, 3.63) is 29.6 Å². The summed E-state index contributed by atoms with van der Waals surface area (Å²) < 4.78 is 19.3. The highest BCUT2D eigenvalue weighted by Crippen LogP contribution is 2.29. The minimum absolute atomic E-state index is 0.207. The van der Waals surface area contributed by atoms with Gasteiger partial charge in [-0.05, 0) is 50.8 Å². The summed E-state index contributed by atoms with van der Waals surface area (Å²) in [6, 6.07) is 4.43. The van der Waals surface area contributed by atoms with E-state index in [1.807, 2.05) is 6.92 Å². The van der Waals surface area contributed by atoms with Crippen molar-refractivity contribution >= 4 is 0 Å². The van der Waals surface area contributed by atoms with Crippen molar-refractivity contribution in [1.82, 2.24) is 0 Å². The maximum absolute atomic E-state index is 13.2. The summed E-state index contributed by atoms with van der Waals surface area (Å²) in [5.74, 6) is 0.494. The van der Waals surface area contributed by atoms with Gasteiger partial charge in [0.15, 0.2) is 0 Å². The van der Waals surface area contributed by atoms with E-state index in [2.05, 4.69) is 0 Å². The van der Waals surface area contributed by atoms with E-state index in [0.717, 1.165) is 24.2 Å². The molecule has 0 aliphatic heterocycles. The number of hydrogen-bond acceptors (Lipinski definition) is 2. The van der Waals surface area contributed by atoms with Crippen LogP contribution in [-0.4, -0.2) is 6.10 Å². The fraction of sp³-hybridized carbons (Fsp3) is 0.600. The first-order valence-corrected chi connectivity index (χ1v) is 6.88. The van der Waals surface area contributed by atoms with Gasteiger partial charge in [0, 0.05) is 11.6 Å². The van der Waals surface area contributed by atoms with Crippen molar-refractivity contribution in [2.24, 2.45) is 5.73 Å². The number of halogens is 1. The summed E-state index contributed by atoms with van der Waals surface area (Å²) in [6.45, 7) is 1.86. The molecule has 3 heteroatoms. The molecular formula is C15H22FNO. The average molecular weight is 251 g/mol. The predicted octanol–water partition coefficient (Wildman–Crippen LogP) is 3.95. The van der Waals surface area contributed by atoms with Crippen LogP contribution in [0.2, 0.25) is 0 Å². The molecule has 0 heterocycles. The van der Waals surface area contributed by atoms with Gasteiger partial charge in [-0.2, -0.15) is 0 Å². The molecule has 1 aromatic carbocycles.